The molecule has 0 saturated heterocycles. The molecule has 55 heavy (non-hydrogen) atoms. The van der Waals surface area contributed by atoms with Gasteiger partial charge in [0.05, 0.1) is 0 Å². The molecule has 9 rings (SSSR count). The van der Waals surface area contributed by atoms with Crippen molar-refractivity contribution in [3.05, 3.63) is 144 Å². The van der Waals surface area contributed by atoms with Crippen molar-refractivity contribution in [2.45, 2.75) is 55.4 Å². The van der Waals surface area contributed by atoms with Gasteiger partial charge in [0, 0.05) is 0 Å². The van der Waals surface area contributed by atoms with Gasteiger partial charge >= 0.3 is 344 Å². The summed E-state index contributed by atoms with van der Waals surface area (Å²) < 4.78 is 18.9. The van der Waals surface area contributed by atoms with E-state index in [1.807, 2.05) is 12.4 Å². The van der Waals surface area contributed by atoms with Crippen LogP contribution in [0.5, 0.6) is 0 Å². The van der Waals surface area contributed by atoms with Gasteiger partial charge in [-0.15, -0.1) is 0 Å². The Labute approximate surface area is 341 Å². The number of aryl methyl sites for hydroxylation is 8. The summed E-state index contributed by atoms with van der Waals surface area (Å²) in [4.78, 5) is 12.5. The molecule has 0 saturated carbocycles. The van der Waals surface area contributed by atoms with Crippen LogP contribution in [0.25, 0.3) is 63.1 Å². The molecule has 0 spiro atoms. The summed E-state index contributed by atoms with van der Waals surface area (Å²) in [5.74, 6) is 1.80. The van der Waals surface area contributed by atoms with Gasteiger partial charge in [0.25, 0.3) is 0 Å². The number of benzene rings is 3. The summed E-state index contributed by atoms with van der Waals surface area (Å²) in [6.45, 7) is 17.7. The van der Waals surface area contributed by atoms with Crippen molar-refractivity contribution in [3.63, 3.8) is 0 Å². The number of rotatable bonds is 7. The normalized spacial score (nSPS) is 11.6. The van der Waals surface area contributed by atoms with Gasteiger partial charge in [-0.1, -0.05) is 0 Å². The summed E-state index contributed by atoms with van der Waals surface area (Å²) in [6.07, 6.45) is 3.87. The number of furan rings is 2. The van der Waals surface area contributed by atoms with E-state index in [9.17, 15) is 0 Å². The van der Waals surface area contributed by atoms with Crippen LogP contribution < -0.4 is 4.90 Å². The van der Waals surface area contributed by atoms with E-state index in [0.717, 1.165) is 56.0 Å². The van der Waals surface area contributed by atoms with E-state index in [1.54, 1.807) is 0 Å². The zero-order valence-electron chi connectivity index (χ0n) is 32.3. The first-order valence-corrected chi connectivity index (χ1v) is 23.2. The third-order valence-corrected chi connectivity index (χ3v) is 16.7. The topological polar surface area (TPSA) is 55.3 Å². The number of hydrogen-bond donors (Lipinski definition) is 0. The molecule has 0 N–H and O–H groups in total. The fraction of sp³-hybridized carbons (Fsp3) is 0.167. The summed E-state index contributed by atoms with van der Waals surface area (Å²) in [7, 11) is 0. The van der Waals surface area contributed by atoms with E-state index in [-0.39, 0.29) is 0 Å². The molecule has 3 aromatic carbocycles. The van der Waals surface area contributed by atoms with E-state index in [1.165, 1.54) is 64.8 Å². The van der Waals surface area contributed by atoms with Crippen LogP contribution in [0.2, 0.25) is 0 Å². The summed E-state index contributed by atoms with van der Waals surface area (Å²) in [6, 6.07) is 32.8. The zero-order chi connectivity index (χ0) is 38.1. The predicted molar refractivity (Wildman–Crippen MR) is 230 cm³/mol. The van der Waals surface area contributed by atoms with E-state index in [0.29, 0.717) is 0 Å². The van der Waals surface area contributed by atoms with Gasteiger partial charge in [-0.2, -0.15) is 0 Å². The monoisotopic (exact) mass is 951 g/mol. The Morgan fingerprint density at radius 2 is 0.855 bits per heavy atom. The van der Waals surface area contributed by atoms with E-state index < -0.39 is 40.9 Å². The third kappa shape index (κ3) is 6.23. The Bertz CT molecular complexity index is 2710. The van der Waals surface area contributed by atoms with Crippen LogP contribution in [0.15, 0.2) is 112 Å². The summed E-state index contributed by atoms with van der Waals surface area (Å²) in [5, 5.41) is 2.17. The van der Waals surface area contributed by atoms with Crippen LogP contribution in [-0.2, 0) is 0 Å². The number of anilines is 3. The van der Waals surface area contributed by atoms with Gasteiger partial charge in [0.2, 0.25) is 0 Å². The van der Waals surface area contributed by atoms with Gasteiger partial charge < -0.3 is 0 Å². The first kappa shape index (κ1) is 36.0. The van der Waals surface area contributed by atoms with Gasteiger partial charge in [-0.05, 0) is 0 Å². The molecule has 0 aliphatic carbocycles. The molecule has 9 aromatic rings. The predicted octanol–water partition coefficient (Wildman–Crippen LogP) is 12.7. The molecule has 0 bridgehead atoms. The van der Waals surface area contributed by atoms with Crippen LogP contribution in [0.3, 0.4) is 0 Å². The maximum atomic E-state index is 6.73. The summed E-state index contributed by atoms with van der Waals surface area (Å²) >= 11 is -1.48. The molecule has 0 aliphatic rings. The Balaban J connectivity index is 1.19. The van der Waals surface area contributed by atoms with Crippen molar-refractivity contribution in [1.82, 2.24) is 9.97 Å². The fourth-order valence-corrected chi connectivity index (χ4v) is 13.8. The van der Waals surface area contributed by atoms with Crippen molar-refractivity contribution in [2.24, 2.45) is 0 Å². The first-order valence-electron chi connectivity index (χ1n) is 18.6. The molecule has 6 aromatic heterocycles. The number of pyridine rings is 2. The summed E-state index contributed by atoms with van der Waals surface area (Å²) in [5.41, 5.74) is 17.1. The van der Waals surface area contributed by atoms with E-state index in [2.05, 4.69) is 151 Å². The molecule has 0 atom stereocenters. The van der Waals surface area contributed by atoms with Crippen molar-refractivity contribution in [1.29, 1.82) is 0 Å². The molecule has 0 fully saturated rings. The van der Waals surface area contributed by atoms with Crippen molar-refractivity contribution >= 4 is 79.9 Å². The Morgan fingerprint density at radius 3 is 1.25 bits per heavy atom. The minimum absolute atomic E-state index is 0.738. The van der Waals surface area contributed by atoms with Crippen LogP contribution in [0, 0.1) is 55.4 Å². The Hall–Kier alpha value is -4.62. The Morgan fingerprint density at radius 1 is 0.473 bits per heavy atom. The number of hydrogen-bond acceptors (Lipinski definition) is 5. The molecule has 0 radical (unpaired) electrons. The van der Waals surface area contributed by atoms with Crippen LogP contribution in [-0.4, -0.2) is 50.8 Å². The van der Waals surface area contributed by atoms with Gasteiger partial charge in [0.15, 0.2) is 0 Å². The quantitative estimate of drug-likeness (QED) is 0.149. The van der Waals surface area contributed by atoms with Crippen LogP contribution in [0.1, 0.15) is 40.5 Å². The second kappa shape index (κ2) is 14.1. The average molecular weight is 947 g/mol. The van der Waals surface area contributed by atoms with Crippen LogP contribution >= 0.6 is 0 Å². The molecule has 272 valence electrons. The molecule has 0 amide bonds. The standard InChI is InChI=1S/C48H41N3O2Te2/c1-26-12-9-13-27(2)42(26)38-22-34-18-20-49-44(47(34)52-38)40-24-36(32(7)54-40)51(46-30(5)16-11-17-31(46)6)37-25-41(55-33(37)8)45-48-35(19-21-50-45)23-39(53-48)43-28(3)14-10-15-29(43)4/h9-25H,1-8H3. The molecular formula is C48H41N3O2Te2. The van der Waals surface area contributed by atoms with Crippen LogP contribution in [0.4, 0.5) is 17.1 Å². The zero-order valence-corrected chi connectivity index (χ0v) is 37.0. The second-order valence-corrected chi connectivity index (χ2v) is 21.8. The van der Waals surface area contributed by atoms with Gasteiger partial charge in [0.1, 0.15) is 0 Å². The number of para-hydroxylation sites is 1. The molecule has 7 heteroatoms. The first-order chi connectivity index (χ1) is 26.6. The van der Waals surface area contributed by atoms with E-state index >= 15 is 0 Å². The molecule has 5 nitrogen and oxygen atoms in total. The maximum absolute atomic E-state index is 6.73. The van der Waals surface area contributed by atoms with Crippen molar-refractivity contribution in [3.8, 4) is 41.2 Å². The molecular weight excluding hydrogens is 906 g/mol. The number of nitrogens with zero attached hydrogens (tertiary/aromatic N) is 3. The molecule has 0 unspecified atom stereocenters. The SMILES string of the molecule is Cc1cccc(C)c1-c1cc2ccnc(-c3cc(N(c4cc(-c5nccc6cc(-c7c(C)cccc7C)oc56)[te]c4C)c4c(C)cccc4C)c(C)[te]3)c2o1. The fourth-order valence-electron chi connectivity index (χ4n) is 8.08. The van der Waals surface area contributed by atoms with E-state index in [4.69, 9.17) is 18.8 Å². The molecule has 0 aliphatic heterocycles. The van der Waals surface area contributed by atoms with Gasteiger partial charge in [-0.25, -0.2) is 0 Å². The Kier molecular flexibility index (Phi) is 9.27. The van der Waals surface area contributed by atoms with Crippen molar-refractivity contribution in [2.75, 3.05) is 4.90 Å². The second-order valence-electron chi connectivity index (χ2n) is 14.6. The van der Waals surface area contributed by atoms with Gasteiger partial charge in [-0.3, -0.25) is 0 Å². The number of aromatic nitrogens is 2. The molecule has 6 heterocycles. The number of fused-ring (bicyclic) bond motifs is 2. The third-order valence-electron chi connectivity index (χ3n) is 10.7. The minimum atomic E-state index is -0.738. The van der Waals surface area contributed by atoms with Crippen molar-refractivity contribution < 1.29 is 8.83 Å². The average Bonchev–Trinajstić information content (AvgIpc) is 3.95.